The fourth-order valence-corrected chi connectivity index (χ4v) is 3.72. The predicted octanol–water partition coefficient (Wildman–Crippen LogP) is 2.97. The smallest absolute Gasteiger partial charge is 0.312 e. The zero-order valence-corrected chi connectivity index (χ0v) is 15.4. The van der Waals surface area contributed by atoms with Gasteiger partial charge >= 0.3 is 5.97 Å². The van der Waals surface area contributed by atoms with Crippen molar-refractivity contribution in [1.82, 2.24) is 15.1 Å². The molecule has 1 unspecified atom stereocenters. The number of aromatic amines is 1. The Labute approximate surface area is 162 Å². The first-order chi connectivity index (χ1) is 13.5. The van der Waals surface area contributed by atoms with Crippen LogP contribution in [0.25, 0.3) is 11.3 Å². The highest BCUT2D eigenvalue weighted by molar-refractivity contribution is 5.77. The SMILES string of the molecule is COc1ccc(-c2[nH]ncc2CN2Cc3ccc(O)cc3C(C(=O)O)C2)cc1. The maximum absolute atomic E-state index is 11.8. The Morgan fingerprint density at radius 2 is 2.07 bits per heavy atom. The number of fused-ring (bicyclic) bond motifs is 1. The summed E-state index contributed by atoms with van der Waals surface area (Å²) < 4.78 is 5.21. The molecule has 0 saturated carbocycles. The molecule has 3 aromatic rings. The van der Waals surface area contributed by atoms with Crippen molar-refractivity contribution >= 4 is 5.97 Å². The van der Waals surface area contributed by atoms with E-state index in [0.29, 0.717) is 25.2 Å². The molecule has 28 heavy (non-hydrogen) atoms. The molecule has 0 radical (unpaired) electrons. The number of phenols is 1. The third-order valence-corrected chi connectivity index (χ3v) is 5.13. The van der Waals surface area contributed by atoms with Gasteiger partial charge in [-0.15, -0.1) is 0 Å². The van der Waals surface area contributed by atoms with Crippen molar-refractivity contribution in [3.05, 3.63) is 65.4 Å². The van der Waals surface area contributed by atoms with Gasteiger partial charge in [0, 0.05) is 30.8 Å². The molecule has 1 atom stereocenters. The summed E-state index contributed by atoms with van der Waals surface area (Å²) in [5, 5.41) is 26.6. The zero-order valence-electron chi connectivity index (χ0n) is 15.4. The van der Waals surface area contributed by atoms with Crippen molar-refractivity contribution in [3.8, 4) is 22.8 Å². The number of benzene rings is 2. The normalized spacial score (nSPS) is 16.5. The first kappa shape index (κ1) is 18.1. The fourth-order valence-electron chi connectivity index (χ4n) is 3.72. The van der Waals surface area contributed by atoms with Crippen molar-refractivity contribution < 1.29 is 19.7 Å². The number of carboxylic acid groups (broad SMARTS) is 1. The molecule has 7 nitrogen and oxygen atoms in total. The lowest BCUT2D eigenvalue weighted by molar-refractivity contribution is -0.139. The van der Waals surface area contributed by atoms with Crippen LogP contribution in [0.2, 0.25) is 0 Å². The van der Waals surface area contributed by atoms with E-state index in [2.05, 4.69) is 15.1 Å². The third kappa shape index (κ3) is 3.44. The number of rotatable bonds is 5. The largest absolute Gasteiger partial charge is 0.508 e. The molecule has 2 aromatic carbocycles. The molecule has 0 aliphatic carbocycles. The lowest BCUT2D eigenvalue weighted by Crippen LogP contribution is -2.36. The lowest BCUT2D eigenvalue weighted by atomic mass is 9.89. The van der Waals surface area contributed by atoms with Gasteiger partial charge in [0.05, 0.1) is 24.9 Å². The summed E-state index contributed by atoms with van der Waals surface area (Å²) in [6.07, 6.45) is 1.78. The van der Waals surface area contributed by atoms with E-state index in [9.17, 15) is 15.0 Å². The number of aliphatic carboxylic acids is 1. The zero-order chi connectivity index (χ0) is 19.7. The van der Waals surface area contributed by atoms with Crippen LogP contribution in [0.3, 0.4) is 0 Å². The lowest BCUT2D eigenvalue weighted by Gasteiger charge is -2.32. The highest BCUT2D eigenvalue weighted by atomic mass is 16.5. The number of aromatic nitrogens is 2. The Bertz CT molecular complexity index is 997. The number of aromatic hydroxyl groups is 1. The van der Waals surface area contributed by atoms with E-state index < -0.39 is 11.9 Å². The summed E-state index contributed by atoms with van der Waals surface area (Å²) in [5.74, 6) is -0.689. The second-order valence-corrected chi connectivity index (χ2v) is 6.94. The van der Waals surface area contributed by atoms with Gasteiger partial charge < -0.3 is 14.9 Å². The second-order valence-electron chi connectivity index (χ2n) is 6.94. The van der Waals surface area contributed by atoms with Gasteiger partial charge in [0.1, 0.15) is 11.5 Å². The van der Waals surface area contributed by atoms with Crippen molar-refractivity contribution in [2.45, 2.75) is 19.0 Å². The summed E-state index contributed by atoms with van der Waals surface area (Å²) in [6, 6.07) is 12.7. The summed E-state index contributed by atoms with van der Waals surface area (Å²) >= 11 is 0. The molecule has 7 heteroatoms. The number of H-pyrrole nitrogens is 1. The average Bonchev–Trinajstić information content (AvgIpc) is 3.15. The molecule has 3 N–H and O–H groups in total. The van der Waals surface area contributed by atoms with Crippen LogP contribution in [0.1, 0.15) is 22.6 Å². The molecule has 1 aliphatic rings. The van der Waals surface area contributed by atoms with E-state index >= 15 is 0 Å². The van der Waals surface area contributed by atoms with Gasteiger partial charge in [-0.25, -0.2) is 0 Å². The standard InChI is InChI=1S/C21H21N3O4/c1-28-17-6-3-13(4-7-17)20-15(9-22-23-20)11-24-10-14-2-5-16(25)8-18(14)19(12-24)21(26)27/h2-9,19,25H,10-12H2,1H3,(H,22,23)(H,26,27). The third-order valence-electron chi connectivity index (χ3n) is 5.13. The molecule has 0 bridgehead atoms. The van der Waals surface area contributed by atoms with Crippen LogP contribution in [-0.2, 0) is 17.9 Å². The van der Waals surface area contributed by atoms with E-state index in [4.69, 9.17) is 4.74 Å². The number of methoxy groups -OCH3 is 1. The van der Waals surface area contributed by atoms with Gasteiger partial charge in [-0.1, -0.05) is 6.07 Å². The first-order valence-corrected chi connectivity index (χ1v) is 8.98. The van der Waals surface area contributed by atoms with Crippen molar-refractivity contribution in [2.75, 3.05) is 13.7 Å². The highest BCUT2D eigenvalue weighted by Crippen LogP contribution is 2.33. The molecule has 1 aliphatic heterocycles. The molecule has 0 amide bonds. The van der Waals surface area contributed by atoms with E-state index in [-0.39, 0.29) is 5.75 Å². The number of nitrogens with one attached hydrogen (secondary N) is 1. The van der Waals surface area contributed by atoms with E-state index in [1.807, 2.05) is 24.3 Å². The molecule has 144 valence electrons. The number of hydrogen-bond donors (Lipinski definition) is 3. The predicted molar refractivity (Wildman–Crippen MR) is 103 cm³/mol. The van der Waals surface area contributed by atoms with Crippen LogP contribution in [0.4, 0.5) is 0 Å². The van der Waals surface area contributed by atoms with Gasteiger partial charge in [-0.3, -0.25) is 14.8 Å². The summed E-state index contributed by atoms with van der Waals surface area (Å²) in [5.41, 5.74) is 4.50. The minimum atomic E-state index is -0.890. The monoisotopic (exact) mass is 379 g/mol. The van der Waals surface area contributed by atoms with Crippen molar-refractivity contribution in [1.29, 1.82) is 0 Å². The molecule has 0 fully saturated rings. The number of carboxylic acids is 1. The number of nitrogens with zero attached hydrogens (tertiary/aromatic N) is 2. The minimum Gasteiger partial charge on any atom is -0.508 e. The average molecular weight is 379 g/mol. The van der Waals surface area contributed by atoms with E-state index in [0.717, 1.165) is 28.1 Å². The van der Waals surface area contributed by atoms with Gasteiger partial charge in [-0.2, -0.15) is 5.10 Å². The quantitative estimate of drug-likeness (QED) is 0.630. The van der Waals surface area contributed by atoms with Crippen LogP contribution in [-0.4, -0.2) is 44.9 Å². The summed E-state index contributed by atoms with van der Waals surface area (Å²) in [4.78, 5) is 13.9. The van der Waals surface area contributed by atoms with Crippen molar-refractivity contribution in [2.24, 2.45) is 0 Å². The number of carbonyl (C=O) groups is 1. The summed E-state index contributed by atoms with van der Waals surface area (Å²) in [7, 11) is 1.63. The number of hydrogen-bond acceptors (Lipinski definition) is 5. The molecule has 0 saturated heterocycles. The molecule has 1 aromatic heterocycles. The Hall–Kier alpha value is -3.32. The molecular weight excluding hydrogens is 358 g/mol. The van der Waals surface area contributed by atoms with Crippen LogP contribution >= 0.6 is 0 Å². The second kappa shape index (κ2) is 7.36. The van der Waals surface area contributed by atoms with Gasteiger partial charge in [0.2, 0.25) is 0 Å². The van der Waals surface area contributed by atoms with Crippen molar-refractivity contribution in [3.63, 3.8) is 0 Å². The van der Waals surface area contributed by atoms with E-state index in [1.54, 1.807) is 31.5 Å². The molecule has 0 spiro atoms. The summed E-state index contributed by atoms with van der Waals surface area (Å²) in [6.45, 7) is 1.56. The van der Waals surface area contributed by atoms with Crippen LogP contribution in [0, 0.1) is 0 Å². The molecular formula is C21H21N3O4. The number of phenolic OH excluding ortho intramolecular Hbond substituents is 1. The fraction of sp³-hybridized carbons (Fsp3) is 0.238. The highest BCUT2D eigenvalue weighted by Gasteiger charge is 2.31. The molecule has 2 heterocycles. The van der Waals surface area contributed by atoms with Crippen LogP contribution in [0.15, 0.2) is 48.7 Å². The number of ether oxygens (including phenoxy) is 1. The first-order valence-electron chi connectivity index (χ1n) is 8.98. The van der Waals surface area contributed by atoms with E-state index in [1.165, 1.54) is 0 Å². The maximum Gasteiger partial charge on any atom is 0.312 e. The van der Waals surface area contributed by atoms with Gasteiger partial charge in [0.15, 0.2) is 0 Å². The van der Waals surface area contributed by atoms with Gasteiger partial charge in [0.25, 0.3) is 0 Å². The van der Waals surface area contributed by atoms with Crippen LogP contribution in [0.5, 0.6) is 11.5 Å². The van der Waals surface area contributed by atoms with Gasteiger partial charge in [-0.05, 0) is 47.5 Å². The Kier molecular flexibility index (Phi) is 4.75. The Balaban J connectivity index is 1.59. The van der Waals surface area contributed by atoms with Crippen LogP contribution < -0.4 is 4.74 Å². The molecule has 4 rings (SSSR count). The Morgan fingerprint density at radius 1 is 1.29 bits per heavy atom. The maximum atomic E-state index is 11.8. The minimum absolute atomic E-state index is 0.0927. The topological polar surface area (TPSA) is 98.7 Å². The Morgan fingerprint density at radius 3 is 2.79 bits per heavy atom.